The zero-order chi connectivity index (χ0) is 14.4. The van der Waals surface area contributed by atoms with Crippen molar-refractivity contribution in [2.24, 2.45) is 0 Å². The first-order valence-corrected chi connectivity index (χ1v) is 6.72. The van der Waals surface area contributed by atoms with Crippen molar-refractivity contribution in [1.29, 1.82) is 0 Å². The topological polar surface area (TPSA) is 59.0 Å². The number of benzene rings is 1. The molecule has 0 fully saturated rings. The minimum absolute atomic E-state index is 0.00280. The smallest absolute Gasteiger partial charge is 0.216 e. The van der Waals surface area contributed by atoms with Gasteiger partial charge < -0.3 is 10.6 Å². The van der Waals surface area contributed by atoms with Gasteiger partial charge in [0.1, 0.15) is 5.82 Å². The second-order valence-electron chi connectivity index (χ2n) is 4.63. The summed E-state index contributed by atoms with van der Waals surface area (Å²) in [7, 11) is 0. The summed E-state index contributed by atoms with van der Waals surface area (Å²) in [6, 6.07) is 10.2. The van der Waals surface area contributed by atoms with Crippen LogP contribution in [0, 0.1) is 6.92 Å². The molecule has 5 nitrogen and oxygen atoms in total. The summed E-state index contributed by atoms with van der Waals surface area (Å²) in [5.41, 5.74) is 2.22. The number of hydrogen-bond acceptors (Lipinski definition) is 3. The zero-order valence-electron chi connectivity index (χ0n) is 11.9. The summed E-state index contributed by atoms with van der Waals surface area (Å²) in [4.78, 5) is 15.1. The summed E-state index contributed by atoms with van der Waals surface area (Å²) in [6.45, 7) is 5.60. The lowest BCUT2D eigenvalue weighted by Gasteiger charge is -2.11. The number of para-hydroxylation sites is 1. The molecule has 5 heteroatoms. The molecule has 2 rings (SSSR count). The van der Waals surface area contributed by atoms with Crippen molar-refractivity contribution in [2.75, 3.05) is 13.1 Å². The lowest BCUT2D eigenvalue weighted by atomic mass is 10.3. The van der Waals surface area contributed by atoms with Crippen molar-refractivity contribution in [3.63, 3.8) is 0 Å². The third-order valence-corrected chi connectivity index (χ3v) is 3.01. The average molecular weight is 272 g/mol. The Bertz CT molecular complexity index is 563. The Balaban J connectivity index is 1.98. The van der Waals surface area contributed by atoms with Crippen LogP contribution in [0.5, 0.6) is 0 Å². The maximum absolute atomic E-state index is 10.8. The highest BCUT2D eigenvalue weighted by Gasteiger charge is 2.07. The van der Waals surface area contributed by atoms with Crippen molar-refractivity contribution in [2.45, 2.75) is 20.4 Å². The fraction of sp³-hybridized carbons (Fsp3) is 0.333. The van der Waals surface area contributed by atoms with Crippen molar-refractivity contribution in [1.82, 2.24) is 20.2 Å². The number of amides is 1. The number of imidazole rings is 1. The number of aromatic nitrogens is 2. The van der Waals surface area contributed by atoms with Crippen LogP contribution >= 0.6 is 0 Å². The van der Waals surface area contributed by atoms with Crippen molar-refractivity contribution in [3.8, 4) is 5.69 Å². The maximum Gasteiger partial charge on any atom is 0.216 e. The molecule has 2 N–H and O–H groups in total. The van der Waals surface area contributed by atoms with Crippen LogP contribution < -0.4 is 10.6 Å². The highest BCUT2D eigenvalue weighted by molar-refractivity contribution is 5.72. The Labute approximate surface area is 119 Å². The van der Waals surface area contributed by atoms with Gasteiger partial charge in [-0.05, 0) is 19.1 Å². The summed E-state index contributed by atoms with van der Waals surface area (Å²) in [5, 5.41) is 6.06. The summed E-state index contributed by atoms with van der Waals surface area (Å²) >= 11 is 0. The molecular formula is C15H20N4O. The third-order valence-electron chi connectivity index (χ3n) is 3.01. The minimum Gasteiger partial charge on any atom is -0.355 e. The molecule has 0 aliphatic carbocycles. The molecule has 2 aromatic rings. The molecule has 0 atom stereocenters. The lowest BCUT2D eigenvalue weighted by Crippen LogP contribution is -2.30. The monoisotopic (exact) mass is 272 g/mol. The van der Waals surface area contributed by atoms with Gasteiger partial charge in [-0.1, -0.05) is 18.2 Å². The number of aryl methyl sites for hydroxylation is 1. The van der Waals surface area contributed by atoms with Gasteiger partial charge >= 0.3 is 0 Å². The van der Waals surface area contributed by atoms with E-state index in [-0.39, 0.29) is 5.91 Å². The quantitative estimate of drug-likeness (QED) is 0.782. The highest BCUT2D eigenvalue weighted by Crippen LogP contribution is 2.13. The Kier molecular flexibility index (Phi) is 4.90. The SMILES string of the molecule is CC(=O)NCCNCc1cnc(C)n1-c1ccccc1. The number of nitrogens with zero attached hydrogens (tertiary/aromatic N) is 2. The van der Waals surface area contributed by atoms with Gasteiger partial charge in [0.2, 0.25) is 5.91 Å². The lowest BCUT2D eigenvalue weighted by molar-refractivity contribution is -0.118. The van der Waals surface area contributed by atoms with Gasteiger partial charge in [-0.2, -0.15) is 0 Å². The normalized spacial score (nSPS) is 10.5. The van der Waals surface area contributed by atoms with Crippen LogP contribution in [0.1, 0.15) is 18.4 Å². The molecule has 0 saturated carbocycles. The molecule has 0 bridgehead atoms. The molecule has 1 heterocycles. The standard InChI is InChI=1S/C15H20N4O/c1-12-18-11-15(10-16-8-9-17-13(2)20)19(12)14-6-4-3-5-7-14/h3-7,11,16H,8-10H2,1-2H3,(H,17,20). The molecule has 0 spiro atoms. The second-order valence-corrected chi connectivity index (χ2v) is 4.63. The van der Waals surface area contributed by atoms with E-state index in [1.807, 2.05) is 31.3 Å². The van der Waals surface area contributed by atoms with Crippen molar-refractivity contribution in [3.05, 3.63) is 48.0 Å². The number of carbonyl (C=O) groups excluding carboxylic acids is 1. The molecular weight excluding hydrogens is 252 g/mol. The molecule has 0 unspecified atom stereocenters. The summed E-state index contributed by atoms with van der Waals surface area (Å²) in [5.74, 6) is 0.965. The average Bonchev–Trinajstić information content (AvgIpc) is 2.80. The van der Waals surface area contributed by atoms with E-state index in [9.17, 15) is 4.79 Å². The van der Waals surface area contributed by atoms with E-state index in [1.165, 1.54) is 6.92 Å². The van der Waals surface area contributed by atoms with E-state index >= 15 is 0 Å². The largest absolute Gasteiger partial charge is 0.355 e. The van der Waals surface area contributed by atoms with Crippen LogP contribution in [-0.4, -0.2) is 28.5 Å². The van der Waals surface area contributed by atoms with Crippen LogP contribution in [0.4, 0.5) is 0 Å². The van der Waals surface area contributed by atoms with E-state index in [0.29, 0.717) is 6.54 Å². The van der Waals surface area contributed by atoms with Gasteiger partial charge in [0.05, 0.1) is 11.9 Å². The van der Waals surface area contributed by atoms with Gasteiger partial charge in [-0.15, -0.1) is 0 Å². The van der Waals surface area contributed by atoms with Gasteiger partial charge in [-0.25, -0.2) is 4.98 Å². The van der Waals surface area contributed by atoms with E-state index in [2.05, 4.69) is 32.3 Å². The zero-order valence-corrected chi connectivity index (χ0v) is 11.9. The molecule has 1 aromatic carbocycles. The van der Waals surface area contributed by atoms with Crippen molar-refractivity contribution >= 4 is 5.91 Å². The molecule has 0 aliphatic heterocycles. The molecule has 0 aliphatic rings. The first kappa shape index (κ1) is 14.3. The number of carbonyl (C=O) groups is 1. The van der Waals surface area contributed by atoms with Crippen LogP contribution in [-0.2, 0) is 11.3 Å². The molecule has 0 saturated heterocycles. The highest BCUT2D eigenvalue weighted by atomic mass is 16.1. The molecule has 1 aromatic heterocycles. The molecule has 1 amide bonds. The number of hydrogen-bond donors (Lipinski definition) is 2. The van der Waals surface area contributed by atoms with Crippen LogP contribution in [0.2, 0.25) is 0 Å². The Morgan fingerprint density at radius 2 is 2.00 bits per heavy atom. The van der Waals surface area contributed by atoms with E-state index < -0.39 is 0 Å². The predicted molar refractivity (Wildman–Crippen MR) is 78.7 cm³/mol. The Morgan fingerprint density at radius 1 is 1.25 bits per heavy atom. The summed E-state index contributed by atoms with van der Waals surface area (Å²) < 4.78 is 2.13. The first-order valence-electron chi connectivity index (χ1n) is 6.72. The van der Waals surface area contributed by atoms with Gasteiger partial charge in [-0.3, -0.25) is 9.36 Å². The van der Waals surface area contributed by atoms with Gasteiger partial charge in [0, 0.05) is 32.2 Å². The van der Waals surface area contributed by atoms with Gasteiger partial charge in [0.25, 0.3) is 0 Å². The summed E-state index contributed by atoms with van der Waals surface area (Å²) in [6.07, 6.45) is 1.88. The fourth-order valence-electron chi connectivity index (χ4n) is 2.09. The van der Waals surface area contributed by atoms with E-state index in [0.717, 1.165) is 30.3 Å². The third kappa shape index (κ3) is 3.68. The van der Waals surface area contributed by atoms with Crippen molar-refractivity contribution < 1.29 is 4.79 Å². The minimum atomic E-state index is -0.00280. The number of nitrogens with one attached hydrogen (secondary N) is 2. The van der Waals surface area contributed by atoms with Crippen LogP contribution in [0.15, 0.2) is 36.5 Å². The van der Waals surface area contributed by atoms with Gasteiger partial charge in [0.15, 0.2) is 0 Å². The van der Waals surface area contributed by atoms with E-state index in [4.69, 9.17) is 0 Å². The molecule has 20 heavy (non-hydrogen) atoms. The van der Waals surface area contributed by atoms with E-state index in [1.54, 1.807) is 0 Å². The maximum atomic E-state index is 10.8. The fourth-order valence-corrected chi connectivity index (χ4v) is 2.09. The van der Waals surface area contributed by atoms with Crippen LogP contribution in [0.25, 0.3) is 5.69 Å². The first-order chi connectivity index (χ1) is 9.68. The number of rotatable bonds is 6. The molecule has 0 radical (unpaired) electrons. The predicted octanol–water partition coefficient (Wildman–Crippen LogP) is 1.41. The second kappa shape index (κ2) is 6.86. The Morgan fingerprint density at radius 3 is 2.70 bits per heavy atom. The molecule has 106 valence electrons. The Hall–Kier alpha value is -2.14. The van der Waals surface area contributed by atoms with Crippen LogP contribution in [0.3, 0.4) is 0 Å².